The normalized spacial score (nSPS) is 34.1. The fourth-order valence-corrected chi connectivity index (χ4v) is 5.83. The van der Waals surface area contributed by atoms with Crippen molar-refractivity contribution in [1.82, 2.24) is 14.9 Å². The summed E-state index contributed by atoms with van der Waals surface area (Å²) in [6.07, 6.45) is 6.01. The van der Waals surface area contributed by atoms with E-state index in [0.717, 1.165) is 62.2 Å². The number of aryl methyl sites for hydroxylation is 2. The van der Waals surface area contributed by atoms with Crippen molar-refractivity contribution in [2.45, 2.75) is 90.7 Å². The second kappa shape index (κ2) is 6.79. The van der Waals surface area contributed by atoms with Gasteiger partial charge in [-0.05, 0) is 51.4 Å². The summed E-state index contributed by atoms with van der Waals surface area (Å²) in [4.78, 5) is 25.6. The molecule has 4 rings (SSSR count). The third-order valence-electron chi connectivity index (χ3n) is 8.41. The molecule has 1 aliphatic heterocycles. The molecule has 0 aromatic carbocycles. The summed E-state index contributed by atoms with van der Waals surface area (Å²) in [5.74, 6) is 0.508. The minimum Gasteiger partial charge on any atom is -0.381 e. The summed E-state index contributed by atoms with van der Waals surface area (Å²) in [5, 5.41) is 0. The number of likely N-dealkylation sites (tertiary alicyclic amines) is 1. The topological polar surface area (TPSA) is 55.3 Å². The first kappa shape index (κ1) is 19.8. The van der Waals surface area contributed by atoms with Crippen molar-refractivity contribution in [3.05, 3.63) is 22.8 Å². The second-order valence-corrected chi connectivity index (χ2v) is 9.95. The summed E-state index contributed by atoms with van der Waals surface area (Å²) < 4.78 is 5.50. The number of hydrogen-bond donors (Lipinski definition) is 0. The smallest absolute Gasteiger partial charge is 0.225 e. The van der Waals surface area contributed by atoms with Gasteiger partial charge in [0.05, 0.1) is 28.9 Å². The first-order valence-electron chi connectivity index (χ1n) is 10.9. The van der Waals surface area contributed by atoms with Gasteiger partial charge in [0.2, 0.25) is 5.91 Å². The van der Waals surface area contributed by atoms with E-state index in [-0.39, 0.29) is 22.8 Å². The monoisotopic (exact) mass is 385 g/mol. The lowest BCUT2D eigenvalue weighted by molar-refractivity contribution is -0.150. The largest absolute Gasteiger partial charge is 0.381 e. The van der Waals surface area contributed by atoms with Crippen molar-refractivity contribution in [3.8, 4) is 0 Å². The van der Waals surface area contributed by atoms with Crippen molar-refractivity contribution >= 4 is 5.91 Å². The van der Waals surface area contributed by atoms with Gasteiger partial charge in [-0.1, -0.05) is 20.8 Å². The van der Waals surface area contributed by atoms with Gasteiger partial charge in [-0.25, -0.2) is 0 Å². The van der Waals surface area contributed by atoms with Crippen LogP contribution in [0, 0.1) is 25.2 Å². The van der Waals surface area contributed by atoms with Crippen LogP contribution in [0.15, 0.2) is 0 Å². The third kappa shape index (κ3) is 2.80. The number of nitrogens with zero attached hydrogens (tertiary/aromatic N) is 3. The van der Waals surface area contributed by atoms with Crippen LogP contribution in [0.4, 0.5) is 0 Å². The molecule has 1 saturated heterocycles. The Labute approximate surface area is 169 Å². The lowest BCUT2D eigenvalue weighted by Gasteiger charge is -2.60. The third-order valence-corrected chi connectivity index (χ3v) is 8.41. The van der Waals surface area contributed by atoms with Crippen LogP contribution in [0.1, 0.15) is 75.7 Å². The molecule has 154 valence electrons. The number of aromatic nitrogens is 2. The Bertz CT molecular complexity index is 782. The summed E-state index contributed by atoms with van der Waals surface area (Å²) >= 11 is 0. The summed E-state index contributed by atoms with van der Waals surface area (Å²) in [6, 6.07) is 0.197. The summed E-state index contributed by atoms with van der Waals surface area (Å²) in [5.41, 5.74) is 4.26. The first-order chi connectivity index (χ1) is 13.2. The lowest BCUT2D eigenvalue weighted by Crippen LogP contribution is -2.66. The molecule has 1 saturated carbocycles. The highest BCUT2D eigenvalue weighted by atomic mass is 16.5. The number of carbonyl (C=O) groups is 1. The van der Waals surface area contributed by atoms with Crippen molar-refractivity contribution in [3.63, 3.8) is 0 Å². The Balaban J connectivity index is 1.64. The highest BCUT2D eigenvalue weighted by Crippen LogP contribution is 2.55. The van der Waals surface area contributed by atoms with E-state index in [2.05, 4.69) is 32.6 Å². The molecular formula is C23H35N3O2. The Hall–Kier alpha value is -1.49. The van der Waals surface area contributed by atoms with Gasteiger partial charge in [-0.15, -0.1) is 0 Å². The van der Waals surface area contributed by atoms with E-state index in [0.29, 0.717) is 12.0 Å². The maximum absolute atomic E-state index is 13.5. The van der Waals surface area contributed by atoms with Crippen LogP contribution < -0.4 is 0 Å². The van der Waals surface area contributed by atoms with Crippen LogP contribution >= 0.6 is 0 Å². The van der Waals surface area contributed by atoms with E-state index < -0.39 is 0 Å². The van der Waals surface area contributed by atoms with Crippen molar-refractivity contribution in [2.75, 3.05) is 13.7 Å². The molecule has 2 fully saturated rings. The first-order valence-corrected chi connectivity index (χ1v) is 10.9. The number of ether oxygens (including phenoxy) is 1. The molecule has 0 radical (unpaired) electrons. The lowest BCUT2D eigenvalue weighted by atomic mass is 9.53. The molecule has 5 nitrogen and oxygen atoms in total. The van der Waals surface area contributed by atoms with Crippen molar-refractivity contribution in [2.24, 2.45) is 11.3 Å². The predicted molar refractivity (Wildman–Crippen MR) is 109 cm³/mol. The number of piperidine rings is 1. The molecule has 2 aliphatic carbocycles. The van der Waals surface area contributed by atoms with Crippen LogP contribution in [0.5, 0.6) is 0 Å². The molecule has 0 spiro atoms. The highest BCUT2D eigenvalue weighted by molar-refractivity contribution is 5.80. The van der Waals surface area contributed by atoms with Crippen molar-refractivity contribution in [1.29, 1.82) is 0 Å². The highest BCUT2D eigenvalue weighted by Gasteiger charge is 2.58. The maximum Gasteiger partial charge on any atom is 0.225 e. The van der Waals surface area contributed by atoms with E-state index in [9.17, 15) is 4.79 Å². The number of carbonyl (C=O) groups excluding carboxylic acids is 1. The Morgan fingerprint density at radius 1 is 1.07 bits per heavy atom. The number of hydrogen-bond acceptors (Lipinski definition) is 4. The molecule has 1 aromatic heterocycles. The van der Waals surface area contributed by atoms with E-state index in [1.807, 2.05) is 6.92 Å². The van der Waals surface area contributed by atoms with Crippen molar-refractivity contribution < 1.29 is 9.53 Å². The zero-order valence-corrected chi connectivity index (χ0v) is 18.3. The minimum absolute atomic E-state index is 0.0198. The predicted octanol–water partition coefficient (Wildman–Crippen LogP) is 3.74. The van der Waals surface area contributed by atoms with E-state index >= 15 is 0 Å². The number of rotatable bonds is 2. The van der Waals surface area contributed by atoms with Crippen LogP contribution in [-0.4, -0.2) is 46.6 Å². The Morgan fingerprint density at radius 3 is 2.36 bits per heavy atom. The zero-order valence-electron chi connectivity index (χ0n) is 18.3. The second-order valence-electron chi connectivity index (χ2n) is 9.95. The molecule has 0 N–H and O–H groups in total. The molecule has 2 heterocycles. The fourth-order valence-electron chi connectivity index (χ4n) is 5.83. The van der Waals surface area contributed by atoms with Crippen LogP contribution in [0.25, 0.3) is 0 Å². The summed E-state index contributed by atoms with van der Waals surface area (Å²) in [7, 11) is 1.78. The van der Waals surface area contributed by atoms with Gasteiger partial charge in [0.15, 0.2) is 0 Å². The zero-order chi connectivity index (χ0) is 20.3. The standard InChI is InChI=1S/C23H35N3O2/c1-14-15(2)25-20-18(24-14)13-19-22(3,4)23(20,5)11-12-26(19)21(27)16-7-9-17(28-6)10-8-16/h16-17,19H,7-13H2,1-6H3/t16?,17?,19-,23+/m1/s1. The quantitative estimate of drug-likeness (QED) is 0.778. The maximum atomic E-state index is 13.5. The molecule has 3 aliphatic rings. The molecule has 0 unspecified atom stereocenters. The number of methoxy groups -OCH3 is 1. The molecule has 5 heteroatoms. The summed E-state index contributed by atoms with van der Waals surface area (Å²) in [6.45, 7) is 11.9. The van der Waals surface area contributed by atoms with Gasteiger partial charge in [0, 0.05) is 37.5 Å². The molecular weight excluding hydrogens is 350 g/mol. The van der Waals surface area contributed by atoms with Gasteiger partial charge in [0.1, 0.15) is 0 Å². The van der Waals surface area contributed by atoms with Crippen LogP contribution in [0.3, 0.4) is 0 Å². The van der Waals surface area contributed by atoms with Crippen LogP contribution in [-0.2, 0) is 21.4 Å². The fraction of sp³-hybridized carbons (Fsp3) is 0.783. The van der Waals surface area contributed by atoms with Crippen LogP contribution in [0.2, 0.25) is 0 Å². The van der Waals surface area contributed by atoms with Gasteiger partial charge in [-0.3, -0.25) is 14.8 Å². The Morgan fingerprint density at radius 2 is 1.71 bits per heavy atom. The van der Waals surface area contributed by atoms with Gasteiger partial charge in [-0.2, -0.15) is 0 Å². The molecule has 28 heavy (non-hydrogen) atoms. The molecule has 1 amide bonds. The number of amides is 1. The number of fused-ring (bicyclic) bond motifs is 4. The van der Waals surface area contributed by atoms with Gasteiger partial charge >= 0.3 is 0 Å². The Kier molecular flexibility index (Phi) is 4.80. The van der Waals surface area contributed by atoms with E-state index in [1.54, 1.807) is 7.11 Å². The molecule has 1 aromatic rings. The van der Waals surface area contributed by atoms with Gasteiger partial charge < -0.3 is 9.64 Å². The minimum atomic E-state index is -0.0405. The molecule has 2 atom stereocenters. The molecule has 2 bridgehead atoms. The van der Waals surface area contributed by atoms with E-state index in [4.69, 9.17) is 14.7 Å². The SMILES string of the molecule is COC1CCC(C(=O)N2CC[C@@]3(C)c4nc(C)c(C)nc4C[C@@H]2C3(C)C)CC1. The average Bonchev–Trinajstić information content (AvgIpc) is 2.66. The van der Waals surface area contributed by atoms with Gasteiger partial charge in [0.25, 0.3) is 0 Å². The van der Waals surface area contributed by atoms with E-state index in [1.165, 1.54) is 5.69 Å². The average molecular weight is 386 g/mol.